The predicted molar refractivity (Wildman–Crippen MR) is 128 cm³/mol. The first-order valence-electron chi connectivity index (χ1n) is 10.6. The number of nitrogens with one attached hydrogen (secondary N) is 2. The third kappa shape index (κ3) is 5.25. The summed E-state index contributed by atoms with van der Waals surface area (Å²) in [5.41, 5.74) is 1.07. The molecule has 0 saturated carbocycles. The lowest BCUT2D eigenvalue weighted by Gasteiger charge is -2.20. The maximum Gasteiger partial charge on any atom is 0.265 e. The van der Waals surface area contributed by atoms with Gasteiger partial charge in [-0.05, 0) is 29.8 Å². The maximum absolute atomic E-state index is 13.1. The van der Waals surface area contributed by atoms with Gasteiger partial charge in [-0.2, -0.15) is 5.10 Å². The van der Waals surface area contributed by atoms with Gasteiger partial charge in [0, 0.05) is 23.9 Å². The third-order valence-corrected chi connectivity index (χ3v) is 6.89. The van der Waals surface area contributed by atoms with E-state index in [-0.39, 0.29) is 11.5 Å². The van der Waals surface area contributed by atoms with Gasteiger partial charge in [-0.25, -0.2) is 9.67 Å². The van der Waals surface area contributed by atoms with Crippen molar-refractivity contribution in [3.8, 4) is 5.95 Å². The van der Waals surface area contributed by atoms with Crippen molar-refractivity contribution in [2.24, 2.45) is 0 Å². The van der Waals surface area contributed by atoms with Crippen LogP contribution >= 0.6 is 8.15 Å². The number of nitrogens with zero attached hydrogens (tertiary/aromatic N) is 3. The van der Waals surface area contributed by atoms with Gasteiger partial charge in [0.1, 0.15) is 5.56 Å². The van der Waals surface area contributed by atoms with Crippen LogP contribution in [-0.4, -0.2) is 36.7 Å². The molecule has 2 heterocycles. The molecule has 2 aromatic heterocycles. The minimum absolute atomic E-state index is 0.0923. The Balaban J connectivity index is 1.61. The van der Waals surface area contributed by atoms with Gasteiger partial charge in [0.2, 0.25) is 5.95 Å². The molecule has 168 valence electrons. The van der Waals surface area contributed by atoms with Gasteiger partial charge in [-0.15, -0.1) is 0 Å². The number of amides is 1. The summed E-state index contributed by atoms with van der Waals surface area (Å²) in [7, 11) is -1.19. The minimum atomic E-state index is -1.19. The van der Waals surface area contributed by atoms with Crippen molar-refractivity contribution in [2.75, 3.05) is 6.16 Å². The van der Waals surface area contributed by atoms with Crippen LogP contribution in [0.5, 0.6) is 0 Å². The molecule has 2 unspecified atom stereocenters. The number of aromatic nitrogens is 4. The smallest absolute Gasteiger partial charge is 0.265 e. The van der Waals surface area contributed by atoms with Gasteiger partial charge >= 0.3 is 0 Å². The topological polar surface area (TPSA) is 113 Å². The van der Waals surface area contributed by atoms with E-state index in [2.05, 4.69) is 20.4 Å². The number of carbonyl (C=O) groups excluding carboxylic acids is 1. The summed E-state index contributed by atoms with van der Waals surface area (Å²) in [6.07, 6.45) is 6.12. The van der Waals surface area contributed by atoms with Gasteiger partial charge in [-0.1, -0.05) is 61.5 Å². The molecule has 9 heteroatoms. The molecule has 0 spiro atoms. The highest BCUT2D eigenvalue weighted by Gasteiger charge is 2.21. The lowest BCUT2D eigenvalue weighted by Crippen LogP contribution is -2.34. The molecule has 3 N–H and O–H groups in total. The number of benzene rings is 2. The molecular weight excluding hydrogens is 437 g/mol. The second-order valence-electron chi connectivity index (χ2n) is 7.43. The summed E-state index contributed by atoms with van der Waals surface area (Å²) in [5.74, 6) is -0.312. The highest BCUT2D eigenvalue weighted by molar-refractivity contribution is 7.59. The van der Waals surface area contributed by atoms with Crippen LogP contribution in [0.2, 0.25) is 0 Å². The van der Waals surface area contributed by atoms with E-state index in [1.165, 1.54) is 10.9 Å². The lowest BCUT2D eigenvalue weighted by atomic mass is 9.98. The van der Waals surface area contributed by atoms with Crippen molar-refractivity contribution >= 4 is 19.4 Å². The Hall–Kier alpha value is -3.61. The van der Waals surface area contributed by atoms with E-state index in [4.69, 9.17) is 0 Å². The Kier molecular flexibility index (Phi) is 7.07. The molecule has 0 bridgehead atoms. The van der Waals surface area contributed by atoms with E-state index in [0.29, 0.717) is 0 Å². The third-order valence-electron chi connectivity index (χ3n) is 5.12. The highest BCUT2D eigenvalue weighted by Crippen LogP contribution is 2.30. The molecule has 8 nitrogen and oxygen atoms in total. The SMILES string of the molecule is CCCP(O)c1ccc(C(NC(=O)c2cnc(-n3cccn3)[nH]c2=O)c2ccccc2)cc1. The molecule has 0 fully saturated rings. The van der Waals surface area contributed by atoms with E-state index < -0.39 is 25.7 Å². The average Bonchev–Trinajstić information content (AvgIpc) is 3.38. The zero-order valence-corrected chi connectivity index (χ0v) is 18.9. The predicted octanol–water partition coefficient (Wildman–Crippen LogP) is 2.90. The first kappa shape index (κ1) is 22.6. The first-order chi connectivity index (χ1) is 16.1. The first-order valence-corrected chi connectivity index (χ1v) is 12.1. The Labute approximate surface area is 192 Å². The van der Waals surface area contributed by atoms with Crippen molar-refractivity contribution < 1.29 is 9.69 Å². The van der Waals surface area contributed by atoms with Crippen LogP contribution in [0.25, 0.3) is 5.95 Å². The molecule has 0 radical (unpaired) electrons. The molecule has 1 amide bonds. The van der Waals surface area contributed by atoms with E-state index in [9.17, 15) is 14.5 Å². The molecule has 2 aromatic carbocycles. The van der Waals surface area contributed by atoms with Crippen molar-refractivity contribution in [1.29, 1.82) is 0 Å². The quantitative estimate of drug-likeness (QED) is 0.349. The Bertz CT molecular complexity index is 1260. The summed E-state index contributed by atoms with van der Waals surface area (Å²) < 4.78 is 1.41. The summed E-state index contributed by atoms with van der Waals surface area (Å²) in [6.45, 7) is 2.04. The lowest BCUT2D eigenvalue weighted by molar-refractivity contribution is 0.0941. The number of carbonyl (C=O) groups is 1. The second-order valence-corrected chi connectivity index (χ2v) is 9.19. The molecular formula is C24H24N5O3P. The van der Waals surface area contributed by atoms with Crippen LogP contribution in [0.4, 0.5) is 0 Å². The van der Waals surface area contributed by atoms with Gasteiger partial charge in [-0.3, -0.25) is 14.6 Å². The van der Waals surface area contributed by atoms with Crippen LogP contribution < -0.4 is 16.2 Å². The number of hydrogen-bond acceptors (Lipinski definition) is 5. The summed E-state index contributed by atoms with van der Waals surface area (Å²) >= 11 is 0. The Morgan fingerprint density at radius 3 is 2.48 bits per heavy atom. The minimum Gasteiger partial charge on any atom is -0.369 e. The second kappa shape index (κ2) is 10.3. The fourth-order valence-corrected chi connectivity index (χ4v) is 4.63. The number of aromatic amines is 1. The normalized spacial score (nSPS) is 12.8. The van der Waals surface area contributed by atoms with E-state index >= 15 is 0 Å². The van der Waals surface area contributed by atoms with Gasteiger partial charge in [0.05, 0.1) is 14.2 Å². The maximum atomic E-state index is 13.1. The molecule has 0 aliphatic carbocycles. The molecule has 0 aliphatic heterocycles. The standard InChI is InChI=1S/C24H24N5O3P/c1-2-15-33(32)19-11-9-18(10-12-19)21(17-7-4-3-5-8-17)27-22(30)20-16-25-24(28-23(20)31)29-14-6-13-26-29/h3-14,16,21,32H,2,15H2,1H3,(H,27,30)(H,25,28,31). The number of rotatable bonds is 8. The number of hydrogen-bond donors (Lipinski definition) is 3. The summed E-state index contributed by atoms with van der Waals surface area (Å²) in [5, 5.41) is 7.88. The van der Waals surface area contributed by atoms with E-state index in [1.54, 1.807) is 18.5 Å². The fraction of sp³-hybridized carbons (Fsp3) is 0.167. The highest BCUT2D eigenvalue weighted by atomic mass is 31.1. The summed E-state index contributed by atoms with van der Waals surface area (Å²) in [6, 6.07) is 18.3. The van der Waals surface area contributed by atoms with Crippen LogP contribution in [0.15, 0.2) is 84.0 Å². The molecule has 4 aromatic rings. The summed E-state index contributed by atoms with van der Waals surface area (Å²) in [4.78, 5) is 42.7. The van der Waals surface area contributed by atoms with E-state index in [0.717, 1.165) is 29.0 Å². The largest absolute Gasteiger partial charge is 0.369 e. The Morgan fingerprint density at radius 1 is 1.12 bits per heavy atom. The van der Waals surface area contributed by atoms with Crippen LogP contribution in [-0.2, 0) is 0 Å². The van der Waals surface area contributed by atoms with Crippen molar-refractivity contribution in [2.45, 2.75) is 19.4 Å². The van der Waals surface area contributed by atoms with Crippen LogP contribution in [0, 0.1) is 0 Å². The zero-order chi connectivity index (χ0) is 23.2. The van der Waals surface area contributed by atoms with Gasteiger partial charge in [0.15, 0.2) is 0 Å². The zero-order valence-electron chi connectivity index (χ0n) is 18.0. The molecule has 0 saturated heterocycles. The van der Waals surface area contributed by atoms with Crippen LogP contribution in [0.1, 0.15) is 40.9 Å². The monoisotopic (exact) mass is 461 g/mol. The van der Waals surface area contributed by atoms with Crippen LogP contribution in [0.3, 0.4) is 0 Å². The van der Waals surface area contributed by atoms with E-state index in [1.807, 2.05) is 61.5 Å². The average molecular weight is 461 g/mol. The van der Waals surface area contributed by atoms with Crippen molar-refractivity contribution in [3.63, 3.8) is 0 Å². The van der Waals surface area contributed by atoms with Crippen molar-refractivity contribution in [1.82, 2.24) is 25.1 Å². The molecule has 33 heavy (non-hydrogen) atoms. The fourth-order valence-electron chi connectivity index (χ4n) is 3.45. The molecule has 4 rings (SSSR count). The number of H-pyrrole nitrogens is 1. The molecule has 2 atom stereocenters. The Morgan fingerprint density at radius 2 is 1.85 bits per heavy atom. The van der Waals surface area contributed by atoms with Crippen molar-refractivity contribution in [3.05, 3.63) is 106 Å². The molecule has 0 aliphatic rings. The van der Waals surface area contributed by atoms with Gasteiger partial charge in [0.25, 0.3) is 11.5 Å². The van der Waals surface area contributed by atoms with Gasteiger partial charge < -0.3 is 10.2 Å².